The van der Waals surface area contributed by atoms with E-state index in [1.165, 1.54) is 16.7 Å². The minimum Gasteiger partial charge on any atom is -0.324 e. The molecule has 96 valence electrons. The Morgan fingerprint density at radius 1 is 1.22 bits per heavy atom. The molecule has 2 aromatic rings. The molecule has 3 nitrogen and oxygen atoms in total. The summed E-state index contributed by atoms with van der Waals surface area (Å²) in [6.07, 6.45) is 2.87. The molecule has 0 aliphatic rings. The first-order valence-electron chi connectivity index (χ1n) is 6.29. The van der Waals surface area contributed by atoms with Gasteiger partial charge >= 0.3 is 0 Å². The highest BCUT2D eigenvalue weighted by Crippen LogP contribution is 2.20. The van der Waals surface area contributed by atoms with Crippen molar-refractivity contribution in [1.29, 1.82) is 0 Å². The summed E-state index contributed by atoms with van der Waals surface area (Å²) in [7, 11) is 1.93. The van der Waals surface area contributed by atoms with Crippen molar-refractivity contribution >= 4 is 0 Å². The van der Waals surface area contributed by atoms with Gasteiger partial charge in [-0.05, 0) is 43.9 Å². The average Bonchev–Trinajstić information content (AvgIpc) is 2.63. The molecule has 0 bridgehead atoms. The molecule has 2 N–H and O–H groups in total. The van der Waals surface area contributed by atoms with Crippen LogP contribution in [0.15, 0.2) is 24.4 Å². The fourth-order valence-electron chi connectivity index (χ4n) is 2.28. The van der Waals surface area contributed by atoms with E-state index in [1.54, 1.807) is 0 Å². The van der Waals surface area contributed by atoms with E-state index in [0.717, 1.165) is 17.7 Å². The largest absolute Gasteiger partial charge is 0.324 e. The lowest BCUT2D eigenvalue weighted by Crippen LogP contribution is -2.14. The summed E-state index contributed by atoms with van der Waals surface area (Å²) in [5.74, 6) is 0. The van der Waals surface area contributed by atoms with Gasteiger partial charge < -0.3 is 5.73 Å². The Labute approximate surface area is 109 Å². The van der Waals surface area contributed by atoms with Gasteiger partial charge in [0, 0.05) is 24.8 Å². The summed E-state index contributed by atoms with van der Waals surface area (Å²) in [6, 6.07) is 6.56. The van der Waals surface area contributed by atoms with E-state index in [4.69, 9.17) is 5.73 Å². The van der Waals surface area contributed by atoms with Gasteiger partial charge in [0.1, 0.15) is 0 Å². The van der Waals surface area contributed by atoms with Crippen LogP contribution >= 0.6 is 0 Å². The molecule has 0 aliphatic heterocycles. The van der Waals surface area contributed by atoms with Crippen molar-refractivity contribution in [3.8, 4) is 0 Å². The third kappa shape index (κ3) is 2.62. The zero-order valence-corrected chi connectivity index (χ0v) is 11.6. The third-order valence-corrected chi connectivity index (χ3v) is 3.48. The van der Waals surface area contributed by atoms with Gasteiger partial charge in [0.05, 0.1) is 5.69 Å². The van der Waals surface area contributed by atoms with E-state index in [2.05, 4.69) is 37.1 Å². The van der Waals surface area contributed by atoms with Crippen LogP contribution in [0, 0.1) is 20.8 Å². The number of aryl methyl sites for hydroxylation is 4. The van der Waals surface area contributed by atoms with E-state index in [0.29, 0.717) is 0 Å². The highest BCUT2D eigenvalue weighted by molar-refractivity contribution is 5.31. The highest BCUT2D eigenvalue weighted by atomic mass is 15.2. The van der Waals surface area contributed by atoms with Crippen LogP contribution in [0.25, 0.3) is 0 Å². The Kier molecular flexibility index (Phi) is 3.53. The molecule has 0 spiro atoms. The molecule has 3 heteroatoms. The summed E-state index contributed by atoms with van der Waals surface area (Å²) in [5, 5.41) is 4.34. The molecule has 0 aliphatic carbocycles. The van der Waals surface area contributed by atoms with Crippen molar-refractivity contribution in [2.24, 2.45) is 12.8 Å². The van der Waals surface area contributed by atoms with E-state index < -0.39 is 0 Å². The normalized spacial score (nSPS) is 12.7. The number of rotatable bonds is 3. The lowest BCUT2D eigenvalue weighted by atomic mass is 9.97. The van der Waals surface area contributed by atoms with Crippen LogP contribution in [0.4, 0.5) is 0 Å². The SMILES string of the molecule is Cc1ccc(CC(N)c2cn(C)nc2C)cc1C. The summed E-state index contributed by atoms with van der Waals surface area (Å²) in [5.41, 5.74) is 12.4. The molecule has 1 aromatic heterocycles. The topological polar surface area (TPSA) is 43.8 Å². The van der Waals surface area contributed by atoms with Gasteiger partial charge in [0.15, 0.2) is 0 Å². The second-order valence-electron chi connectivity index (χ2n) is 5.07. The number of nitrogens with zero attached hydrogens (tertiary/aromatic N) is 2. The summed E-state index contributed by atoms with van der Waals surface area (Å²) in [6.45, 7) is 6.28. The first-order chi connectivity index (χ1) is 8.47. The van der Waals surface area contributed by atoms with Crippen LogP contribution in [0.2, 0.25) is 0 Å². The van der Waals surface area contributed by atoms with Gasteiger partial charge in [-0.15, -0.1) is 0 Å². The van der Waals surface area contributed by atoms with Gasteiger partial charge in [-0.2, -0.15) is 5.10 Å². The lowest BCUT2D eigenvalue weighted by molar-refractivity contribution is 0.714. The van der Waals surface area contributed by atoms with Crippen LogP contribution in [0.3, 0.4) is 0 Å². The predicted octanol–water partition coefficient (Wildman–Crippen LogP) is 2.59. The maximum absolute atomic E-state index is 6.28. The molecule has 1 atom stereocenters. The number of benzene rings is 1. The van der Waals surface area contributed by atoms with Gasteiger partial charge in [-0.1, -0.05) is 18.2 Å². The molecular weight excluding hydrogens is 222 g/mol. The smallest absolute Gasteiger partial charge is 0.0641 e. The molecule has 0 fully saturated rings. The van der Waals surface area contributed by atoms with Crippen LogP contribution < -0.4 is 5.73 Å². The number of aromatic nitrogens is 2. The van der Waals surface area contributed by atoms with Crippen molar-refractivity contribution in [3.63, 3.8) is 0 Å². The molecule has 0 saturated carbocycles. The Balaban J connectivity index is 2.18. The Bertz CT molecular complexity index is 555. The van der Waals surface area contributed by atoms with Crippen molar-refractivity contribution in [2.75, 3.05) is 0 Å². The lowest BCUT2D eigenvalue weighted by Gasteiger charge is -2.12. The summed E-state index contributed by atoms with van der Waals surface area (Å²) in [4.78, 5) is 0. The molecule has 1 heterocycles. The maximum atomic E-state index is 6.28. The minimum absolute atomic E-state index is 0.0146. The first-order valence-corrected chi connectivity index (χ1v) is 6.29. The Hall–Kier alpha value is -1.61. The third-order valence-electron chi connectivity index (χ3n) is 3.48. The molecule has 0 amide bonds. The maximum Gasteiger partial charge on any atom is 0.0641 e. The number of hydrogen-bond acceptors (Lipinski definition) is 2. The van der Waals surface area contributed by atoms with Crippen LogP contribution in [-0.2, 0) is 13.5 Å². The Morgan fingerprint density at radius 2 is 1.94 bits per heavy atom. The van der Waals surface area contributed by atoms with Crippen LogP contribution in [0.1, 0.15) is 34.0 Å². The highest BCUT2D eigenvalue weighted by Gasteiger charge is 2.13. The Morgan fingerprint density at radius 3 is 2.50 bits per heavy atom. The zero-order chi connectivity index (χ0) is 13.3. The minimum atomic E-state index is 0.0146. The van der Waals surface area contributed by atoms with Crippen molar-refractivity contribution in [2.45, 2.75) is 33.2 Å². The molecule has 18 heavy (non-hydrogen) atoms. The van der Waals surface area contributed by atoms with E-state index in [-0.39, 0.29) is 6.04 Å². The molecule has 0 saturated heterocycles. The molecule has 0 radical (unpaired) electrons. The fraction of sp³-hybridized carbons (Fsp3) is 0.400. The standard InChI is InChI=1S/C15H21N3/c1-10-5-6-13(7-11(10)2)8-15(16)14-9-18(4)17-12(14)3/h5-7,9,15H,8,16H2,1-4H3. The van der Waals surface area contributed by atoms with Gasteiger partial charge in [0.25, 0.3) is 0 Å². The molecular formula is C15H21N3. The van der Waals surface area contributed by atoms with Crippen molar-refractivity contribution < 1.29 is 0 Å². The predicted molar refractivity (Wildman–Crippen MR) is 74.5 cm³/mol. The zero-order valence-electron chi connectivity index (χ0n) is 11.6. The second kappa shape index (κ2) is 4.94. The first kappa shape index (κ1) is 12.8. The second-order valence-corrected chi connectivity index (χ2v) is 5.07. The average molecular weight is 243 g/mol. The number of hydrogen-bond donors (Lipinski definition) is 1. The molecule has 2 rings (SSSR count). The molecule has 1 unspecified atom stereocenters. The van der Waals surface area contributed by atoms with Crippen molar-refractivity contribution in [3.05, 3.63) is 52.3 Å². The monoisotopic (exact) mass is 243 g/mol. The summed E-state index contributed by atoms with van der Waals surface area (Å²) < 4.78 is 1.82. The van der Waals surface area contributed by atoms with Gasteiger partial charge in [-0.3, -0.25) is 4.68 Å². The van der Waals surface area contributed by atoms with Crippen LogP contribution in [-0.4, -0.2) is 9.78 Å². The molecule has 1 aromatic carbocycles. The van der Waals surface area contributed by atoms with Crippen LogP contribution in [0.5, 0.6) is 0 Å². The quantitative estimate of drug-likeness (QED) is 0.900. The number of nitrogens with two attached hydrogens (primary N) is 1. The summed E-state index contributed by atoms with van der Waals surface area (Å²) >= 11 is 0. The van der Waals surface area contributed by atoms with E-state index in [9.17, 15) is 0 Å². The van der Waals surface area contributed by atoms with E-state index >= 15 is 0 Å². The fourth-order valence-corrected chi connectivity index (χ4v) is 2.28. The van der Waals surface area contributed by atoms with Gasteiger partial charge in [0.2, 0.25) is 0 Å². The van der Waals surface area contributed by atoms with Gasteiger partial charge in [-0.25, -0.2) is 0 Å². The van der Waals surface area contributed by atoms with Crippen molar-refractivity contribution in [1.82, 2.24) is 9.78 Å². The van der Waals surface area contributed by atoms with E-state index in [1.807, 2.05) is 24.9 Å².